The second kappa shape index (κ2) is 3.43. The van der Waals surface area contributed by atoms with Gasteiger partial charge in [-0.2, -0.15) is 0 Å². The molecule has 1 heterocycles. The van der Waals surface area contributed by atoms with E-state index in [1.165, 1.54) is 0 Å². The van der Waals surface area contributed by atoms with Gasteiger partial charge >= 0.3 is 0 Å². The fraction of sp³-hybridized carbons (Fsp3) is 0. The van der Waals surface area contributed by atoms with Crippen LogP contribution in [0.5, 0.6) is 0 Å². The van der Waals surface area contributed by atoms with Gasteiger partial charge in [-0.15, -0.1) is 0 Å². The van der Waals surface area contributed by atoms with Gasteiger partial charge in [-0.25, -0.2) is 17.8 Å². The van der Waals surface area contributed by atoms with Crippen molar-refractivity contribution < 1.29 is 12.8 Å². The Balaban J connectivity index is 3.43. The minimum atomic E-state index is -3.89. The maximum atomic E-state index is 12.5. The van der Waals surface area contributed by atoms with Crippen LogP contribution >= 0.6 is 33.3 Å². The molecule has 0 aliphatic heterocycles. The standard InChI is InChI=1S/C5H2ClFINO2S/c6-12(10,11)4-1-3(7)2-9-5(4)8/h1-2H. The van der Waals surface area contributed by atoms with E-state index in [4.69, 9.17) is 10.7 Å². The predicted molar refractivity (Wildman–Crippen MR) is 50.0 cm³/mol. The maximum Gasteiger partial charge on any atom is 0.264 e. The first-order valence-corrected chi connectivity index (χ1v) is 6.06. The van der Waals surface area contributed by atoms with E-state index in [1.54, 1.807) is 22.6 Å². The smallest absolute Gasteiger partial charge is 0.246 e. The number of pyridine rings is 1. The Labute approximate surface area is 86.5 Å². The fourth-order valence-electron chi connectivity index (χ4n) is 0.575. The Morgan fingerprint density at radius 3 is 2.58 bits per heavy atom. The average molecular weight is 321 g/mol. The van der Waals surface area contributed by atoms with Gasteiger partial charge in [0.05, 0.1) is 6.20 Å². The van der Waals surface area contributed by atoms with Crippen molar-refractivity contribution in [3.05, 3.63) is 21.8 Å². The lowest BCUT2D eigenvalue weighted by molar-refractivity contribution is 0.597. The first-order chi connectivity index (χ1) is 5.41. The fourth-order valence-corrected chi connectivity index (χ4v) is 2.99. The van der Waals surface area contributed by atoms with Gasteiger partial charge in [-0.3, -0.25) is 0 Å². The van der Waals surface area contributed by atoms with Crippen LogP contribution in [-0.2, 0) is 9.05 Å². The first-order valence-electron chi connectivity index (χ1n) is 2.67. The molecule has 0 bridgehead atoms. The van der Waals surface area contributed by atoms with Crippen molar-refractivity contribution in [3.8, 4) is 0 Å². The van der Waals surface area contributed by atoms with Gasteiger partial charge in [0.2, 0.25) is 0 Å². The molecule has 0 atom stereocenters. The zero-order chi connectivity index (χ0) is 9.35. The SMILES string of the molecule is O=S(=O)(Cl)c1cc(F)cnc1I. The summed E-state index contributed by atoms with van der Waals surface area (Å²) in [5.41, 5.74) is 0. The molecule has 66 valence electrons. The topological polar surface area (TPSA) is 47.0 Å². The van der Waals surface area contributed by atoms with Crippen LogP contribution in [0.1, 0.15) is 0 Å². The molecule has 0 saturated heterocycles. The minimum absolute atomic E-state index is 0.156. The average Bonchev–Trinajstić information content (AvgIpc) is 1.92. The summed E-state index contributed by atoms with van der Waals surface area (Å²) in [5, 5.41) is 0. The Hall–Kier alpha value is 0.0500. The highest BCUT2D eigenvalue weighted by Crippen LogP contribution is 2.20. The van der Waals surface area contributed by atoms with Crippen LogP contribution in [0, 0.1) is 9.52 Å². The number of hydrogen-bond acceptors (Lipinski definition) is 3. The highest BCUT2D eigenvalue weighted by Gasteiger charge is 2.15. The summed E-state index contributed by atoms with van der Waals surface area (Å²) in [6.45, 7) is 0. The Kier molecular flexibility index (Phi) is 2.89. The minimum Gasteiger partial charge on any atom is -0.246 e. The number of halogens is 3. The van der Waals surface area contributed by atoms with Gasteiger partial charge in [0.15, 0.2) is 0 Å². The van der Waals surface area contributed by atoms with Crippen LogP contribution in [-0.4, -0.2) is 13.4 Å². The summed E-state index contributed by atoms with van der Waals surface area (Å²) in [5.74, 6) is -0.727. The third kappa shape index (κ3) is 2.27. The molecule has 0 amide bonds. The Morgan fingerprint density at radius 2 is 2.17 bits per heavy atom. The molecule has 0 aliphatic carbocycles. The summed E-state index contributed by atoms with van der Waals surface area (Å²) in [4.78, 5) is 3.19. The van der Waals surface area contributed by atoms with Crippen molar-refractivity contribution >= 4 is 42.3 Å². The summed E-state index contributed by atoms with van der Waals surface area (Å²) in [6.07, 6.45) is 0.924. The Morgan fingerprint density at radius 1 is 1.58 bits per heavy atom. The van der Waals surface area contributed by atoms with Crippen LogP contribution in [0.25, 0.3) is 0 Å². The molecular formula is C5H2ClFINO2S. The van der Waals surface area contributed by atoms with E-state index in [0.29, 0.717) is 0 Å². The molecule has 0 N–H and O–H groups in total. The van der Waals surface area contributed by atoms with E-state index < -0.39 is 14.9 Å². The Bertz CT molecular complexity index is 408. The summed E-state index contributed by atoms with van der Waals surface area (Å²) >= 11 is 1.66. The third-order valence-electron chi connectivity index (χ3n) is 1.04. The molecule has 0 aliphatic rings. The van der Waals surface area contributed by atoms with Crippen molar-refractivity contribution in [2.75, 3.05) is 0 Å². The molecule has 12 heavy (non-hydrogen) atoms. The zero-order valence-electron chi connectivity index (χ0n) is 5.46. The predicted octanol–water partition coefficient (Wildman–Crippen LogP) is 1.75. The monoisotopic (exact) mass is 321 g/mol. The molecule has 1 aromatic rings. The molecule has 0 spiro atoms. The number of nitrogens with zero attached hydrogens (tertiary/aromatic N) is 1. The van der Waals surface area contributed by atoms with Crippen molar-refractivity contribution in [1.82, 2.24) is 4.98 Å². The van der Waals surface area contributed by atoms with E-state index in [2.05, 4.69) is 4.98 Å². The highest BCUT2D eigenvalue weighted by molar-refractivity contribution is 14.1. The first kappa shape index (κ1) is 10.1. The van der Waals surface area contributed by atoms with E-state index in [9.17, 15) is 12.8 Å². The second-order valence-electron chi connectivity index (χ2n) is 1.88. The van der Waals surface area contributed by atoms with Crippen molar-refractivity contribution in [2.45, 2.75) is 4.90 Å². The molecule has 3 nitrogen and oxygen atoms in total. The van der Waals surface area contributed by atoms with Crippen molar-refractivity contribution in [1.29, 1.82) is 0 Å². The molecule has 7 heteroatoms. The van der Waals surface area contributed by atoms with Gasteiger partial charge in [-0.05, 0) is 28.7 Å². The molecule has 1 rings (SSSR count). The second-order valence-corrected chi connectivity index (χ2v) is 5.44. The molecule has 0 unspecified atom stereocenters. The number of rotatable bonds is 1. The third-order valence-corrected chi connectivity index (χ3v) is 3.60. The van der Waals surface area contributed by atoms with Gasteiger partial charge in [0, 0.05) is 10.7 Å². The van der Waals surface area contributed by atoms with Crippen molar-refractivity contribution in [2.24, 2.45) is 0 Å². The maximum absolute atomic E-state index is 12.5. The van der Waals surface area contributed by atoms with Crippen LogP contribution < -0.4 is 0 Å². The normalized spacial score (nSPS) is 11.6. The highest BCUT2D eigenvalue weighted by atomic mass is 127. The van der Waals surface area contributed by atoms with Gasteiger partial charge in [0.1, 0.15) is 14.4 Å². The van der Waals surface area contributed by atoms with Crippen molar-refractivity contribution in [3.63, 3.8) is 0 Å². The van der Waals surface area contributed by atoms with Crippen LogP contribution in [0.15, 0.2) is 17.2 Å². The summed E-state index contributed by atoms with van der Waals surface area (Å²) in [6, 6.07) is 0.830. The molecule has 1 aromatic heterocycles. The molecule has 0 fully saturated rings. The van der Waals surface area contributed by atoms with Gasteiger partial charge < -0.3 is 0 Å². The zero-order valence-corrected chi connectivity index (χ0v) is 9.19. The summed E-state index contributed by atoms with van der Waals surface area (Å²) < 4.78 is 34.2. The van der Waals surface area contributed by atoms with E-state index >= 15 is 0 Å². The lowest BCUT2D eigenvalue weighted by atomic mass is 10.5. The van der Waals surface area contributed by atoms with Crippen LogP contribution in [0.2, 0.25) is 0 Å². The lowest BCUT2D eigenvalue weighted by Gasteiger charge is -1.97. The largest absolute Gasteiger partial charge is 0.264 e. The van der Waals surface area contributed by atoms with Gasteiger partial charge in [0.25, 0.3) is 9.05 Å². The number of aromatic nitrogens is 1. The van der Waals surface area contributed by atoms with Crippen LogP contribution in [0.3, 0.4) is 0 Å². The van der Waals surface area contributed by atoms with E-state index in [-0.39, 0.29) is 8.60 Å². The molecule has 0 aromatic carbocycles. The quantitative estimate of drug-likeness (QED) is 0.450. The van der Waals surface area contributed by atoms with E-state index in [1.807, 2.05) is 0 Å². The lowest BCUT2D eigenvalue weighted by Crippen LogP contribution is -1.97. The molecule has 0 saturated carbocycles. The molecular weight excluding hydrogens is 319 g/mol. The van der Waals surface area contributed by atoms with Gasteiger partial charge in [-0.1, -0.05) is 0 Å². The number of hydrogen-bond donors (Lipinski definition) is 0. The summed E-state index contributed by atoms with van der Waals surface area (Å²) in [7, 11) is 1.10. The van der Waals surface area contributed by atoms with Crippen LogP contribution in [0.4, 0.5) is 4.39 Å². The van der Waals surface area contributed by atoms with E-state index in [0.717, 1.165) is 12.3 Å². The molecule has 0 radical (unpaired) electrons.